The summed E-state index contributed by atoms with van der Waals surface area (Å²) in [6.45, 7) is 4.17. The first-order valence-corrected chi connectivity index (χ1v) is 10.7. The Bertz CT molecular complexity index is 1130. The Hall–Kier alpha value is -3.25. The Morgan fingerprint density at radius 3 is 2.74 bits per heavy atom. The number of aromatic nitrogens is 1. The number of likely N-dealkylation sites (N-methyl/N-ethyl adjacent to an activating group) is 1. The van der Waals surface area contributed by atoms with Gasteiger partial charge in [-0.15, -0.1) is 0 Å². The summed E-state index contributed by atoms with van der Waals surface area (Å²) in [5, 5.41) is 8.03. The van der Waals surface area contributed by atoms with Crippen molar-refractivity contribution in [3.63, 3.8) is 0 Å². The molecular formula is C25H28N4O2. The molecule has 0 saturated heterocycles. The van der Waals surface area contributed by atoms with Gasteiger partial charge in [-0.05, 0) is 50.8 Å². The van der Waals surface area contributed by atoms with Crippen molar-refractivity contribution in [2.75, 3.05) is 11.9 Å². The molecule has 2 atom stereocenters. The van der Waals surface area contributed by atoms with Gasteiger partial charge in [0.05, 0.1) is 12.6 Å². The smallest absolute Gasteiger partial charge is 0.249 e. The summed E-state index contributed by atoms with van der Waals surface area (Å²) in [6, 6.07) is 15.2. The minimum absolute atomic E-state index is 0.0889. The second-order valence-corrected chi connectivity index (χ2v) is 8.07. The lowest BCUT2D eigenvalue weighted by molar-refractivity contribution is -0.128. The van der Waals surface area contributed by atoms with E-state index in [2.05, 4.69) is 27.8 Å². The Morgan fingerprint density at radius 2 is 1.94 bits per heavy atom. The summed E-state index contributed by atoms with van der Waals surface area (Å²) in [5.41, 5.74) is 3.94. The summed E-state index contributed by atoms with van der Waals surface area (Å²) in [4.78, 5) is 32.6. The normalized spacial score (nSPS) is 17.2. The second kappa shape index (κ2) is 8.86. The number of para-hydroxylation sites is 1. The maximum atomic E-state index is 13.7. The lowest BCUT2D eigenvalue weighted by Crippen LogP contribution is -2.52. The number of hydrogen-bond donors (Lipinski definition) is 2. The molecule has 4 rings (SSSR count). The van der Waals surface area contributed by atoms with E-state index in [1.54, 1.807) is 14.0 Å². The number of rotatable bonds is 5. The molecule has 0 saturated carbocycles. The zero-order chi connectivity index (χ0) is 22.0. The first-order valence-electron chi connectivity index (χ1n) is 10.7. The van der Waals surface area contributed by atoms with Gasteiger partial charge < -0.3 is 15.5 Å². The van der Waals surface area contributed by atoms with Crippen LogP contribution in [0.2, 0.25) is 0 Å². The zero-order valence-electron chi connectivity index (χ0n) is 18.2. The Balaban J connectivity index is 1.74. The number of nitrogens with one attached hydrogen (secondary N) is 2. The molecular weight excluding hydrogens is 388 g/mol. The topological polar surface area (TPSA) is 74.3 Å². The van der Waals surface area contributed by atoms with Gasteiger partial charge in [0.2, 0.25) is 11.8 Å². The summed E-state index contributed by atoms with van der Waals surface area (Å²) < 4.78 is 0. The van der Waals surface area contributed by atoms with E-state index in [1.807, 2.05) is 54.4 Å². The van der Waals surface area contributed by atoms with Crippen molar-refractivity contribution in [3.05, 3.63) is 71.5 Å². The number of amides is 2. The largest absolute Gasteiger partial charge is 0.343 e. The molecule has 1 aliphatic rings. The average molecular weight is 417 g/mol. The lowest BCUT2D eigenvalue weighted by Gasteiger charge is -2.28. The first kappa shape index (κ1) is 21.0. The molecule has 0 spiro atoms. The Kier molecular flexibility index (Phi) is 6.00. The third-order valence-electron chi connectivity index (χ3n) is 6.13. The van der Waals surface area contributed by atoms with Crippen LogP contribution in [-0.2, 0) is 22.6 Å². The van der Waals surface area contributed by atoms with E-state index in [4.69, 9.17) is 0 Å². The molecule has 160 valence electrons. The molecule has 2 heterocycles. The van der Waals surface area contributed by atoms with Crippen LogP contribution >= 0.6 is 0 Å². The van der Waals surface area contributed by atoms with Crippen molar-refractivity contribution in [3.8, 4) is 0 Å². The third kappa shape index (κ3) is 4.16. The molecule has 2 amide bonds. The van der Waals surface area contributed by atoms with Gasteiger partial charge in [0, 0.05) is 28.5 Å². The van der Waals surface area contributed by atoms with Crippen LogP contribution in [0.1, 0.15) is 30.2 Å². The van der Waals surface area contributed by atoms with Crippen molar-refractivity contribution in [2.45, 2.75) is 45.3 Å². The van der Waals surface area contributed by atoms with E-state index < -0.39 is 6.04 Å². The molecule has 2 unspecified atom stereocenters. The average Bonchev–Trinajstić information content (AvgIpc) is 2.92. The highest BCUT2D eigenvalue weighted by atomic mass is 16.2. The van der Waals surface area contributed by atoms with E-state index in [0.717, 1.165) is 39.7 Å². The number of hydrogen-bond acceptors (Lipinski definition) is 4. The number of carbonyl (C=O) groups excluding carboxylic acids is 2. The predicted octanol–water partition coefficient (Wildman–Crippen LogP) is 3.12. The van der Waals surface area contributed by atoms with Crippen LogP contribution in [0.25, 0.3) is 10.8 Å². The number of pyridine rings is 1. The molecule has 31 heavy (non-hydrogen) atoms. The van der Waals surface area contributed by atoms with Crippen molar-refractivity contribution in [2.24, 2.45) is 0 Å². The van der Waals surface area contributed by atoms with Gasteiger partial charge in [-0.3, -0.25) is 14.6 Å². The molecule has 0 bridgehead atoms. The van der Waals surface area contributed by atoms with Gasteiger partial charge in [-0.2, -0.15) is 0 Å². The summed E-state index contributed by atoms with van der Waals surface area (Å²) in [6.07, 6.45) is 3.17. The van der Waals surface area contributed by atoms with Crippen molar-refractivity contribution < 1.29 is 9.59 Å². The quantitative estimate of drug-likeness (QED) is 0.670. The van der Waals surface area contributed by atoms with Crippen LogP contribution in [0.3, 0.4) is 0 Å². The van der Waals surface area contributed by atoms with E-state index in [1.165, 1.54) is 0 Å². The molecule has 6 heteroatoms. The highest BCUT2D eigenvalue weighted by Crippen LogP contribution is 2.31. The highest BCUT2D eigenvalue weighted by Gasteiger charge is 2.32. The van der Waals surface area contributed by atoms with Gasteiger partial charge >= 0.3 is 0 Å². The van der Waals surface area contributed by atoms with Crippen LogP contribution in [0, 0.1) is 6.92 Å². The van der Waals surface area contributed by atoms with Gasteiger partial charge in [0.25, 0.3) is 0 Å². The molecule has 1 aliphatic heterocycles. The molecule has 6 nitrogen and oxygen atoms in total. The number of aryl methyl sites for hydroxylation is 2. The second-order valence-electron chi connectivity index (χ2n) is 8.07. The van der Waals surface area contributed by atoms with Gasteiger partial charge in [-0.25, -0.2) is 0 Å². The van der Waals surface area contributed by atoms with Gasteiger partial charge in [0.1, 0.15) is 6.04 Å². The Labute approximate surface area is 182 Å². The Morgan fingerprint density at radius 1 is 1.19 bits per heavy atom. The number of nitrogens with zero attached hydrogens (tertiary/aromatic N) is 2. The molecule has 2 N–H and O–H groups in total. The van der Waals surface area contributed by atoms with Crippen LogP contribution < -0.4 is 15.5 Å². The number of carbonyl (C=O) groups is 2. The standard InChI is InChI=1S/C25H28N4O2/c1-16-21(20-10-6-4-9-19(20)14-27-16)15-29-23-11-7-5-8-18(23)12-13-22(25(29)31)28-24(30)17(2)26-3/h4-11,14,17,22,26H,12-13,15H2,1-3H3,(H,28,30). The maximum Gasteiger partial charge on any atom is 0.249 e. The molecule has 2 aromatic carbocycles. The van der Waals surface area contributed by atoms with Gasteiger partial charge in [-0.1, -0.05) is 42.5 Å². The molecule has 1 aromatic heterocycles. The first-order chi connectivity index (χ1) is 15.0. The van der Waals surface area contributed by atoms with Crippen LogP contribution in [0.15, 0.2) is 54.7 Å². The van der Waals surface area contributed by atoms with E-state index >= 15 is 0 Å². The maximum absolute atomic E-state index is 13.7. The minimum atomic E-state index is -0.570. The highest BCUT2D eigenvalue weighted by molar-refractivity contribution is 6.01. The lowest BCUT2D eigenvalue weighted by atomic mass is 10.0. The van der Waals surface area contributed by atoms with E-state index in [0.29, 0.717) is 13.0 Å². The van der Waals surface area contributed by atoms with E-state index in [9.17, 15) is 9.59 Å². The molecule has 0 aliphatic carbocycles. The van der Waals surface area contributed by atoms with Crippen LogP contribution in [0.5, 0.6) is 0 Å². The molecule has 0 fully saturated rings. The SMILES string of the molecule is CNC(C)C(=O)NC1CCc2ccccc2N(Cc2c(C)ncc3ccccc23)C1=O. The molecule has 0 radical (unpaired) electrons. The minimum Gasteiger partial charge on any atom is -0.343 e. The summed E-state index contributed by atoms with van der Waals surface area (Å²) in [7, 11) is 1.73. The summed E-state index contributed by atoms with van der Waals surface area (Å²) >= 11 is 0. The van der Waals surface area contributed by atoms with Crippen molar-refractivity contribution in [1.29, 1.82) is 0 Å². The monoisotopic (exact) mass is 416 g/mol. The fourth-order valence-electron chi connectivity index (χ4n) is 4.12. The zero-order valence-corrected chi connectivity index (χ0v) is 18.2. The van der Waals surface area contributed by atoms with Crippen LogP contribution in [0.4, 0.5) is 5.69 Å². The summed E-state index contributed by atoms with van der Waals surface area (Å²) in [5.74, 6) is -0.260. The number of fused-ring (bicyclic) bond motifs is 2. The van der Waals surface area contributed by atoms with Crippen molar-refractivity contribution >= 4 is 28.3 Å². The number of anilines is 1. The predicted molar refractivity (Wildman–Crippen MR) is 123 cm³/mol. The van der Waals surface area contributed by atoms with Gasteiger partial charge in [0.15, 0.2) is 0 Å². The molecule has 3 aromatic rings. The third-order valence-corrected chi connectivity index (χ3v) is 6.13. The fraction of sp³-hybridized carbons (Fsp3) is 0.320. The van der Waals surface area contributed by atoms with Crippen LogP contribution in [-0.4, -0.2) is 35.9 Å². The number of benzene rings is 2. The van der Waals surface area contributed by atoms with E-state index in [-0.39, 0.29) is 17.9 Å². The fourth-order valence-corrected chi connectivity index (χ4v) is 4.12. The van der Waals surface area contributed by atoms with Crippen molar-refractivity contribution in [1.82, 2.24) is 15.6 Å².